The predicted molar refractivity (Wildman–Crippen MR) is 50.5 cm³/mol. The van der Waals surface area contributed by atoms with E-state index in [1.54, 1.807) is 0 Å². The molecule has 0 aliphatic rings. The van der Waals surface area contributed by atoms with Crippen molar-refractivity contribution in [2.24, 2.45) is 0 Å². The van der Waals surface area contributed by atoms with Gasteiger partial charge in [-0.2, -0.15) is 0 Å². The number of alkyl halides is 1. The van der Waals surface area contributed by atoms with Crippen LogP contribution in [0.2, 0.25) is 0 Å². The van der Waals surface area contributed by atoms with E-state index in [0.29, 0.717) is 4.95 Å². The van der Waals surface area contributed by atoms with E-state index in [0.717, 1.165) is 0 Å². The summed E-state index contributed by atoms with van der Waals surface area (Å²) in [6.07, 6.45) is 5.27. The number of nitrogens with zero attached hydrogens (tertiary/aromatic N) is 1. The first-order valence-corrected chi connectivity index (χ1v) is 4.90. The number of hydrogen-bond donors (Lipinski definition) is 0. The van der Waals surface area contributed by atoms with E-state index < -0.39 is 0 Å². The van der Waals surface area contributed by atoms with Crippen molar-refractivity contribution in [3.63, 3.8) is 0 Å². The van der Waals surface area contributed by atoms with Crippen LogP contribution in [-0.4, -0.2) is 23.9 Å². The third kappa shape index (κ3) is 5.24. The number of unbranched alkanes of at least 4 members (excludes halogenated alkanes) is 2. The molecule has 0 radical (unpaired) electrons. The molecule has 0 aliphatic heterocycles. The van der Waals surface area contributed by atoms with Crippen LogP contribution >= 0.6 is 15.9 Å². The average Bonchev–Trinajstić information content (AvgIpc) is 1.88. The first-order valence-electron chi connectivity index (χ1n) is 3.99. The van der Waals surface area contributed by atoms with E-state index in [1.807, 2.05) is 0 Å². The van der Waals surface area contributed by atoms with Crippen molar-refractivity contribution in [3.05, 3.63) is 0 Å². The fraction of sp³-hybridized carbons (Fsp3) is 1.00. The lowest BCUT2D eigenvalue weighted by atomic mass is 10.2. The normalized spacial score (nSPS) is 14.1. The molecule has 0 aliphatic carbocycles. The highest BCUT2D eigenvalue weighted by Crippen LogP contribution is 2.12. The van der Waals surface area contributed by atoms with Crippen LogP contribution in [0.3, 0.4) is 0 Å². The summed E-state index contributed by atoms with van der Waals surface area (Å²) in [7, 11) is 4.21. The molecule has 1 unspecified atom stereocenters. The Kier molecular flexibility index (Phi) is 6.44. The second-order valence-corrected chi connectivity index (χ2v) is 3.95. The quantitative estimate of drug-likeness (QED) is 0.381. The van der Waals surface area contributed by atoms with Crippen molar-refractivity contribution in [3.8, 4) is 0 Å². The molecule has 0 aromatic carbocycles. The summed E-state index contributed by atoms with van der Waals surface area (Å²) in [6.45, 7) is 2.24. The molecule has 1 atom stereocenters. The molecule has 0 aromatic heterocycles. The molecule has 0 bridgehead atoms. The molecule has 62 valence electrons. The predicted octanol–water partition coefficient (Wildman–Crippen LogP) is 2.85. The molecule has 0 rings (SSSR count). The number of halogens is 1. The Morgan fingerprint density at radius 1 is 1.30 bits per heavy atom. The van der Waals surface area contributed by atoms with Gasteiger partial charge >= 0.3 is 0 Å². The largest absolute Gasteiger partial charge is 0.297 e. The van der Waals surface area contributed by atoms with E-state index in [9.17, 15) is 0 Å². The fourth-order valence-corrected chi connectivity index (χ4v) is 1.14. The lowest BCUT2D eigenvalue weighted by Crippen LogP contribution is -2.21. The van der Waals surface area contributed by atoms with Crippen molar-refractivity contribution >= 4 is 15.9 Å². The fourth-order valence-electron chi connectivity index (χ4n) is 0.821. The van der Waals surface area contributed by atoms with Crippen LogP contribution in [0.25, 0.3) is 0 Å². The van der Waals surface area contributed by atoms with Gasteiger partial charge in [0.1, 0.15) is 0 Å². The highest BCUT2D eigenvalue weighted by atomic mass is 79.9. The van der Waals surface area contributed by atoms with Gasteiger partial charge in [0.2, 0.25) is 0 Å². The average molecular weight is 208 g/mol. The van der Waals surface area contributed by atoms with Crippen LogP contribution in [0.5, 0.6) is 0 Å². The molecule has 0 amide bonds. The van der Waals surface area contributed by atoms with Gasteiger partial charge in [0.25, 0.3) is 0 Å². The maximum Gasteiger partial charge on any atom is 0.0650 e. The SMILES string of the molecule is CCCCCC(Br)N(C)C. The van der Waals surface area contributed by atoms with E-state index in [2.05, 4.69) is 41.8 Å². The van der Waals surface area contributed by atoms with Gasteiger partial charge in [0.15, 0.2) is 0 Å². The van der Waals surface area contributed by atoms with Crippen LogP contribution < -0.4 is 0 Å². The zero-order valence-electron chi connectivity index (χ0n) is 7.23. The standard InChI is InChI=1S/C8H18BrN/c1-4-5-6-7-8(9)10(2)3/h8H,4-7H2,1-3H3. The maximum atomic E-state index is 3.60. The van der Waals surface area contributed by atoms with E-state index in [1.165, 1.54) is 25.7 Å². The van der Waals surface area contributed by atoms with Crippen LogP contribution in [0.4, 0.5) is 0 Å². The summed E-state index contributed by atoms with van der Waals surface area (Å²) in [5.74, 6) is 0. The lowest BCUT2D eigenvalue weighted by Gasteiger charge is -2.17. The molecule has 10 heavy (non-hydrogen) atoms. The van der Waals surface area contributed by atoms with Crippen molar-refractivity contribution in [1.29, 1.82) is 0 Å². The van der Waals surface area contributed by atoms with Crippen molar-refractivity contribution in [2.45, 2.75) is 37.6 Å². The molecule has 0 fully saturated rings. The zero-order chi connectivity index (χ0) is 7.98. The monoisotopic (exact) mass is 207 g/mol. The van der Waals surface area contributed by atoms with Gasteiger partial charge < -0.3 is 0 Å². The molecular weight excluding hydrogens is 190 g/mol. The van der Waals surface area contributed by atoms with Crippen molar-refractivity contribution < 1.29 is 0 Å². The maximum absolute atomic E-state index is 3.60. The molecule has 0 saturated heterocycles. The van der Waals surface area contributed by atoms with Gasteiger partial charge in [-0.3, -0.25) is 4.90 Å². The number of hydrogen-bond acceptors (Lipinski definition) is 1. The summed E-state index contributed by atoms with van der Waals surface area (Å²) in [6, 6.07) is 0. The van der Waals surface area contributed by atoms with E-state index >= 15 is 0 Å². The summed E-state index contributed by atoms with van der Waals surface area (Å²) < 4.78 is 0. The highest BCUT2D eigenvalue weighted by Gasteiger charge is 2.03. The van der Waals surface area contributed by atoms with Crippen molar-refractivity contribution in [2.75, 3.05) is 14.1 Å². The van der Waals surface area contributed by atoms with Gasteiger partial charge in [-0.25, -0.2) is 0 Å². The first-order chi connectivity index (χ1) is 4.68. The Morgan fingerprint density at radius 2 is 1.90 bits per heavy atom. The third-order valence-electron chi connectivity index (χ3n) is 1.61. The molecule has 0 N–H and O–H groups in total. The minimum absolute atomic E-state index is 0.569. The van der Waals surface area contributed by atoms with Gasteiger partial charge in [-0.1, -0.05) is 42.1 Å². The zero-order valence-corrected chi connectivity index (χ0v) is 8.82. The van der Waals surface area contributed by atoms with Crippen LogP contribution in [0, 0.1) is 0 Å². The third-order valence-corrected chi connectivity index (χ3v) is 2.88. The number of rotatable bonds is 5. The molecule has 0 heterocycles. The van der Waals surface area contributed by atoms with Gasteiger partial charge in [0.05, 0.1) is 4.95 Å². The molecule has 2 heteroatoms. The van der Waals surface area contributed by atoms with Crippen molar-refractivity contribution in [1.82, 2.24) is 4.90 Å². The second-order valence-electron chi connectivity index (χ2n) is 2.89. The summed E-state index contributed by atoms with van der Waals surface area (Å²) in [5.41, 5.74) is 0. The Morgan fingerprint density at radius 3 is 2.30 bits per heavy atom. The Hall–Kier alpha value is 0.440. The second kappa shape index (κ2) is 6.17. The molecule has 0 spiro atoms. The Bertz CT molecular complexity index is 73.7. The summed E-state index contributed by atoms with van der Waals surface area (Å²) in [5, 5.41) is 0. The lowest BCUT2D eigenvalue weighted by molar-refractivity contribution is 0.365. The summed E-state index contributed by atoms with van der Waals surface area (Å²) >= 11 is 3.60. The van der Waals surface area contributed by atoms with Crippen LogP contribution in [0.1, 0.15) is 32.6 Å². The molecule has 0 aromatic rings. The topological polar surface area (TPSA) is 3.24 Å². The minimum atomic E-state index is 0.569. The van der Waals surface area contributed by atoms with Crippen LogP contribution in [0.15, 0.2) is 0 Å². The minimum Gasteiger partial charge on any atom is -0.297 e. The molecule has 0 saturated carbocycles. The molecule has 1 nitrogen and oxygen atoms in total. The van der Waals surface area contributed by atoms with E-state index in [4.69, 9.17) is 0 Å². The smallest absolute Gasteiger partial charge is 0.0650 e. The van der Waals surface area contributed by atoms with Gasteiger partial charge in [-0.15, -0.1) is 0 Å². The molecular formula is C8H18BrN. The van der Waals surface area contributed by atoms with Gasteiger partial charge in [0, 0.05) is 0 Å². The van der Waals surface area contributed by atoms with E-state index in [-0.39, 0.29) is 0 Å². The Balaban J connectivity index is 3.13. The summed E-state index contributed by atoms with van der Waals surface area (Å²) in [4.78, 5) is 2.77. The van der Waals surface area contributed by atoms with Crippen LogP contribution in [-0.2, 0) is 0 Å². The van der Waals surface area contributed by atoms with Gasteiger partial charge in [-0.05, 0) is 20.5 Å². The first kappa shape index (κ1) is 10.4. The Labute approximate surface area is 72.9 Å². The highest BCUT2D eigenvalue weighted by molar-refractivity contribution is 9.09.